The van der Waals surface area contributed by atoms with Crippen LogP contribution in [-0.2, 0) is 9.47 Å². The molecular weight excluding hydrogens is 324 g/mol. The molecule has 0 amide bonds. The van der Waals surface area contributed by atoms with Gasteiger partial charge in [0, 0.05) is 12.8 Å². The van der Waals surface area contributed by atoms with Gasteiger partial charge < -0.3 is 14.6 Å². The maximum Gasteiger partial charge on any atom is 0.168 e. The van der Waals surface area contributed by atoms with Crippen molar-refractivity contribution in [3.05, 3.63) is 0 Å². The SMILES string of the molecule is CC(O)[C@H]1CC[C@H]2[C@@H]3CC[C@@H]4CCC5(CC[C@@H]4[C@H]3CC[C@]12C)OCCO5. The predicted octanol–water partition coefficient (Wildman–Crippen LogP) is 4.77. The second-order valence-corrected chi connectivity index (χ2v) is 10.6. The van der Waals surface area contributed by atoms with Crippen LogP contribution in [0.5, 0.6) is 0 Å². The summed E-state index contributed by atoms with van der Waals surface area (Å²) in [5.74, 6) is 4.81. The van der Waals surface area contributed by atoms with E-state index in [1.807, 2.05) is 6.92 Å². The monoisotopic (exact) mass is 362 g/mol. The van der Waals surface area contributed by atoms with Crippen LogP contribution in [-0.4, -0.2) is 30.2 Å². The van der Waals surface area contributed by atoms with Gasteiger partial charge in [0.25, 0.3) is 0 Å². The fraction of sp³-hybridized carbons (Fsp3) is 1.00. The van der Waals surface area contributed by atoms with E-state index in [1.54, 1.807) is 0 Å². The molecule has 1 heterocycles. The normalized spacial score (nSPS) is 51.3. The van der Waals surface area contributed by atoms with E-state index in [2.05, 4.69) is 6.92 Å². The quantitative estimate of drug-likeness (QED) is 0.730. The molecule has 0 radical (unpaired) electrons. The number of hydrogen-bond donors (Lipinski definition) is 1. The first-order chi connectivity index (χ1) is 12.5. The maximum absolute atomic E-state index is 10.4. The number of rotatable bonds is 1. The topological polar surface area (TPSA) is 38.7 Å². The third-order valence-corrected chi connectivity index (χ3v) is 9.74. The van der Waals surface area contributed by atoms with Gasteiger partial charge in [-0.05, 0) is 99.2 Å². The highest BCUT2D eigenvalue weighted by atomic mass is 16.7. The second kappa shape index (κ2) is 6.46. The summed E-state index contributed by atoms with van der Waals surface area (Å²) < 4.78 is 12.2. The van der Waals surface area contributed by atoms with Crippen LogP contribution >= 0.6 is 0 Å². The lowest BCUT2D eigenvalue weighted by Crippen LogP contribution is -2.48. The second-order valence-electron chi connectivity index (χ2n) is 10.6. The summed E-state index contributed by atoms with van der Waals surface area (Å²) >= 11 is 0. The third-order valence-electron chi connectivity index (χ3n) is 9.74. The fourth-order valence-corrected chi connectivity index (χ4v) is 8.58. The van der Waals surface area contributed by atoms with Crippen molar-refractivity contribution < 1.29 is 14.6 Å². The fourth-order valence-electron chi connectivity index (χ4n) is 8.58. The molecular formula is C23H38O3. The Bertz CT molecular complexity index is 526. The van der Waals surface area contributed by atoms with E-state index in [4.69, 9.17) is 9.47 Å². The maximum atomic E-state index is 10.4. The van der Waals surface area contributed by atoms with Gasteiger partial charge in [-0.15, -0.1) is 0 Å². The van der Waals surface area contributed by atoms with Gasteiger partial charge in [0.05, 0.1) is 19.3 Å². The van der Waals surface area contributed by atoms with Gasteiger partial charge in [-0.1, -0.05) is 6.92 Å². The molecule has 3 nitrogen and oxygen atoms in total. The molecule has 4 saturated carbocycles. The number of aliphatic hydroxyl groups excluding tert-OH is 1. The zero-order valence-corrected chi connectivity index (χ0v) is 16.8. The zero-order chi connectivity index (χ0) is 17.9. The smallest absolute Gasteiger partial charge is 0.168 e. The Kier molecular flexibility index (Phi) is 4.46. The van der Waals surface area contributed by atoms with Crippen molar-refractivity contribution in [2.24, 2.45) is 40.9 Å². The van der Waals surface area contributed by atoms with E-state index >= 15 is 0 Å². The lowest BCUT2D eigenvalue weighted by atomic mass is 9.50. The summed E-state index contributed by atoms with van der Waals surface area (Å²) in [6, 6.07) is 0. The van der Waals surface area contributed by atoms with Crippen LogP contribution in [0, 0.1) is 40.9 Å². The summed E-state index contributed by atoms with van der Waals surface area (Å²) in [4.78, 5) is 0. The Morgan fingerprint density at radius 1 is 0.808 bits per heavy atom. The molecule has 0 aromatic carbocycles. The molecule has 5 aliphatic rings. The Balaban J connectivity index is 1.35. The minimum absolute atomic E-state index is 0.132. The Morgan fingerprint density at radius 3 is 2.31 bits per heavy atom. The first kappa shape index (κ1) is 17.9. The molecule has 1 unspecified atom stereocenters. The zero-order valence-electron chi connectivity index (χ0n) is 16.8. The highest BCUT2D eigenvalue weighted by Gasteiger charge is 2.58. The van der Waals surface area contributed by atoms with Crippen molar-refractivity contribution in [3.8, 4) is 0 Å². The van der Waals surface area contributed by atoms with Crippen molar-refractivity contribution in [3.63, 3.8) is 0 Å². The molecule has 1 aliphatic heterocycles. The Labute approximate surface area is 159 Å². The summed E-state index contributed by atoms with van der Waals surface area (Å²) in [5.41, 5.74) is 0.395. The van der Waals surface area contributed by atoms with Gasteiger partial charge in [0.15, 0.2) is 5.79 Å². The number of fused-ring (bicyclic) bond motifs is 5. The van der Waals surface area contributed by atoms with Crippen LogP contribution in [0.25, 0.3) is 0 Å². The number of hydrogen-bond acceptors (Lipinski definition) is 3. The minimum atomic E-state index is -0.221. The van der Waals surface area contributed by atoms with Gasteiger partial charge >= 0.3 is 0 Å². The average molecular weight is 363 g/mol. The van der Waals surface area contributed by atoms with E-state index in [-0.39, 0.29) is 11.9 Å². The summed E-state index contributed by atoms with van der Waals surface area (Å²) in [6.07, 6.45) is 13.0. The van der Waals surface area contributed by atoms with Crippen molar-refractivity contribution >= 4 is 0 Å². The van der Waals surface area contributed by atoms with Crippen LogP contribution < -0.4 is 0 Å². The van der Waals surface area contributed by atoms with Crippen LogP contribution in [0.4, 0.5) is 0 Å². The van der Waals surface area contributed by atoms with Crippen molar-refractivity contribution in [2.75, 3.05) is 13.2 Å². The standard InChI is InChI=1S/C23H38O3/c1-15(24)20-5-6-21-19-4-3-16-7-11-23(25-13-14-26-23)12-9-17(16)18(19)8-10-22(20,21)2/h15-21,24H,3-14H2,1-2H3/t15?,16-,17+,18-,19-,20-,21+,22-/m1/s1. The molecule has 0 bridgehead atoms. The molecule has 5 rings (SSSR count). The van der Waals surface area contributed by atoms with Gasteiger partial charge in [-0.3, -0.25) is 0 Å². The van der Waals surface area contributed by atoms with Crippen molar-refractivity contribution in [1.29, 1.82) is 0 Å². The lowest BCUT2D eigenvalue weighted by Gasteiger charge is -2.55. The number of aliphatic hydroxyl groups is 1. The van der Waals surface area contributed by atoms with Crippen LogP contribution in [0.2, 0.25) is 0 Å². The van der Waals surface area contributed by atoms with Crippen LogP contribution in [0.1, 0.15) is 78.1 Å². The van der Waals surface area contributed by atoms with E-state index in [9.17, 15) is 5.11 Å². The highest BCUT2D eigenvalue weighted by molar-refractivity contribution is 5.06. The summed E-state index contributed by atoms with van der Waals surface area (Å²) in [7, 11) is 0. The van der Waals surface area contributed by atoms with E-state index in [1.165, 1.54) is 51.4 Å². The Morgan fingerprint density at radius 2 is 1.54 bits per heavy atom. The first-order valence-corrected chi connectivity index (χ1v) is 11.5. The molecule has 0 aromatic rings. The van der Waals surface area contributed by atoms with Gasteiger partial charge in [0.1, 0.15) is 0 Å². The number of ether oxygens (including phenoxy) is 2. The highest BCUT2D eigenvalue weighted by Crippen LogP contribution is 2.64. The lowest BCUT2D eigenvalue weighted by molar-refractivity contribution is -0.166. The first-order valence-electron chi connectivity index (χ1n) is 11.5. The third kappa shape index (κ3) is 2.63. The van der Waals surface area contributed by atoms with Crippen LogP contribution in [0.15, 0.2) is 0 Å². The molecule has 1 saturated heterocycles. The molecule has 3 heteroatoms. The van der Waals surface area contributed by atoms with Gasteiger partial charge in [-0.2, -0.15) is 0 Å². The van der Waals surface area contributed by atoms with Crippen molar-refractivity contribution in [1.82, 2.24) is 0 Å². The Hall–Kier alpha value is -0.120. The van der Waals surface area contributed by atoms with E-state index in [0.717, 1.165) is 55.6 Å². The van der Waals surface area contributed by atoms with Gasteiger partial charge in [-0.25, -0.2) is 0 Å². The summed E-state index contributed by atoms with van der Waals surface area (Å²) in [5, 5.41) is 10.4. The molecule has 8 atom stereocenters. The van der Waals surface area contributed by atoms with E-state index < -0.39 is 0 Å². The minimum Gasteiger partial charge on any atom is -0.393 e. The molecule has 148 valence electrons. The molecule has 5 fully saturated rings. The molecule has 26 heavy (non-hydrogen) atoms. The molecule has 1 spiro atoms. The molecule has 1 N–H and O–H groups in total. The largest absolute Gasteiger partial charge is 0.393 e. The van der Waals surface area contributed by atoms with Crippen molar-refractivity contribution in [2.45, 2.75) is 89.9 Å². The molecule has 4 aliphatic carbocycles. The van der Waals surface area contributed by atoms with E-state index in [0.29, 0.717) is 11.3 Å². The molecule has 0 aromatic heterocycles. The predicted molar refractivity (Wildman–Crippen MR) is 102 cm³/mol. The van der Waals surface area contributed by atoms with Crippen LogP contribution in [0.3, 0.4) is 0 Å². The summed E-state index contributed by atoms with van der Waals surface area (Å²) in [6.45, 7) is 6.14. The van der Waals surface area contributed by atoms with Gasteiger partial charge in [0.2, 0.25) is 0 Å². The average Bonchev–Trinajstić information content (AvgIpc) is 3.17.